The quantitative estimate of drug-likeness (QED) is 0.391. The molecule has 3 rings (SSSR count). The fourth-order valence-electron chi connectivity index (χ4n) is 4.81. The minimum absolute atomic E-state index is 0.0760. The summed E-state index contributed by atoms with van der Waals surface area (Å²) in [5.74, 6) is -0.364. The highest BCUT2D eigenvalue weighted by molar-refractivity contribution is 5.76. The number of carboxylic acids is 1. The average Bonchev–Trinajstić information content (AvgIpc) is 2.81. The van der Waals surface area contributed by atoms with E-state index in [0.717, 1.165) is 48.2 Å². The molecule has 0 aliphatic heterocycles. The number of aliphatic carboxylic acids is 1. The van der Waals surface area contributed by atoms with E-state index in [0.29, 0.717) is 18.5 Å². The van der Waals surface area contributed by atoms with Crippen molar-refractivity contribution in [3.05, 3.63) is 41.7 Å². The van der Waals surface area contributed by atoms with Gasteiger partial charge in [0.15, 0.2) is 0 Å². The second kappa shape index (κ2) is 11.6. The van der Waals surface area contributed by atoms with Crippen LogP contribution < -0.4 is 10.2 Å². The van der Waals surface area contributed by atoms with Gasteiger partial charge in [-0.1, -0.05) is 39.2 Å². The Hall–Kier alpha value is -2.67. The largest absolute Gasteiger partial charge is 0.481 e. The first-order valence-electron chi connectivity index (χ1n) is 12.6. The predicted molar refractivity (Wildman–Crippen MR) is 137 cm³/mol. The van der Waals surface area contributed by atoms with Gasteiger partial charge in [0.05, 0.1) is 23.4 Å². The van der Waals surface area contributed by atoms with Gasteiger partial charge in [-0.05, 0) is 68.7 Å². The number of anilines is 3. The highest BCUT2D eigenvalue weighted by Crippen LogP contribution is 2.37. The average molecular weight is 469 g/mol. The van der Waals surface area contributed by atoms with E-state index in [2.05, 4.69) is 33.2 Å². The van der Waals surface area contributed by atoms with Gasteiger partial charge < -0.3 is 20.4 Å². The lowest BCUT2D eigenvalue weighted by Crippen LogP contribution is -2.45. The summed E-state index contributed by atoms with van der Waals surface area (Å²) in [7, 11) is 0. The van der Waals surface area contributed by atoms with Gasteiger partial charge in [0.25, 0.3) is 0 Å². The Balaban J connectivity index is 2.05. The highest BCUT2D eigenvalue weighted by atomic mass is 16.4. The Morgan fingerprint density at radius 2 is 1.85 bits per heavy atom. The third-order valence-electron chi connectivity index (χ3n) is 6.65. The maximum absolute atomic E-state index is 11.4. The van der Waals surface area contributed by atoms with Crippen LogP contribution in [-0.2, 0) is 11.2 Å². The van der Waals surface area contributed by atoms with Crippen molar-refractivity contribution in [3.8, 4) is 0 Å². The fraction of sp³-hybridized carbons (Fsp3) is 0.593. The number of aryl methyl sites for hydroxylation is 1. The molecule has 0 bridgehead atoms. The molecule has 0 radical (unpaired) electrons. The summed E-state index contributed by atoms with van der Waals surface area (Å²) in [5, 5.41) is 23.6. The van der Waals surface area contributed by atoms with E-state index in [1.54, 1.807) is 0 Å². The van der Waals surface area contributed by atoms with E-state index < -0.39 is 11.6 Å². The molecule has 1 fully saturated rings. The smallest absolute Gasteiger partial charge is 0.303 e. The first-order chi connectivity index (χ1) is 16.2. The molecule has 0 saturated heterocycles. The van der Waals surface area contributed by atoms with E-state index >= 15 is 0 Å². The lowest BCUT2D eigenvalue weighted by molar-refractivity contribution is -0.137. The van der Waals surface area contributed by atoms with Crippen molar-refractivity contribution in [2.45, 2.75) is 96.6 Å². The van der Waals surface area contributed by atoms with Crippen molar-refractivity contribution in [1.82, 2.24) is 9.97 Å². The maximum Gasteiger partial charge on any atom is 0.303 e. The highest BCUT2D eigenvalue weighted by Gasteiger charge is 2.29. The molecule has 1 heterocycles. The third-order valence-corrected chi connectivity index (χ3v) is 6.65. The van der Waals surface area contributed by atoms with Crippen LogP contribution in [0.4, 0.5) is 17.3 Å². The summed E-state index contributed by atoms with van der Waals surface area (Å²) < 4.78 is 0. The lowest BCUT2D eigenvalue weighted by atomic mass is 9.90. The molecule has 7 nitrogen and oxygen atoms in total. The van der Waals surface area contributed by atoms with Crippen molar-refractivity contribution in [2.75, 3.05) is 16.8 Å². The molecule has 1 aromatic heterocycles. The van der Waals surface area contributed by atoms with Gasteiger partial charge in [0, 0.05) is 25.0 Å². The van der Waals surface area contributed by atoms with E-state index in [1.807, 2.05) is 45.3 Å². The molecule has 1 aliphatic rings. The van der Waals surface area contributed by atoms with E-state index in [4.69, 9.17) is 0 Å². The molecule has 1 saturated carbocycles. The van der Waals surface area contributed by atoms with E-state index in [-0.39, 0.29) is 12.3 Å². The first-order valence-corrected chi connectivity index (χ1v) is 12.6. The van der Waals surface area contributed by atoms with Gasteiger partial charge in [0.2, 0.25) is 5.95 Å². The van der Waals surface area contributed by atoms with Crippen LogP contribution in [0.5, 0.6) is 0 Å². The molecule has 0 spiro atoms. The molecule has 186 valence electrons. The Bertz CT molecular complexity index is 934. The molecule has 7 heteroatoms. The number of nitrogens with zero attached hydrogens (tertiary/aromatic N) is 3. The second-order valence-electron chi connectivity index (χ2n) is 10.1. The van der Waals surface area contributed by atoms with Crippen LogP contribution in [0.2, 0.25) is 0 Å². The number of carboxylic acid groups (broad SMARTS) is 1. The SMILES string of the molecule is CCc1cnc(Nc2cc([C@@H](CC)CC(=O)O)ccc2N(CC(C)(C)O)C2CCCCC2)nc1. The van der Waals surface area contributed by atoms with Crippen molar-refractivity contribution >= 4 is 23.3 Å². The van der Waals surface area contributed by atoms with Crippen LogP contribution in [0.25, 0.3) is 0 Å². The molecule has 1 atom stereocenters. The summed E-state index contributed by atoms with van der Waals surface area (Å²) in [6, 6.07) is 6.50. The van der Waals surface area contributed by atoms with Crippen LogP contribution >= 0.6 is 0 Å². The number of hydrogen-bond donors (Lipinski definition) is 3. The van der Waals surface area contributed by atoms with Gasteiger partial charge in [-0.15, -0.1) is 0 Å². The lowest BCUT2D eigenvalue weighted by Gasteiger charge is -2.40. The molecular weight excluding hydrogens is 428 g/mol. The molecule has 1 aliphatic carbocycles. The summed E-state index contributed by atoms with van der Waals surface area (Å²) in [4.78, 5) is 22.8. The number of rotatable bonds is 11. The summed E-state index contributed by atoms with van der Waals surface area (Å²) in [5.41, 5.74) is 3.03. The molecule has 2 aromatic rings. The van der Waals surface area contributed by atoms with Crippen molar-refractivity contribution in [1.29, 1.82) is 0 Å². The Kier molecular flexibility index (Phi) is 8.89. The van der Waals surface area contributed by atoms with Crippen molar-refractivity contribution in [3.63, 3.8) is 0 Å². The predicted octanol–water partition coefficient (Wildman–Crippen LogP) is 5.66. The molecule has 3 N–H and O–H groups in total. The topological polar surface area (TPSA) is 98.6 Å². The second-order valence-corrected chi connectivity index (χ2v) is 10.1. The Morgan fingerprint density at radius 3 is 2.41 bits per heavy atom. The number of carbonyl (C=O) groups is 1. The first kappa shape index (κ1) is 25.9. The zero-order chi connectivity index (χ0) is 24.7. The molecule has 34 heavy (non-hydrogen) atoms. The summed E-state index contributed by atoms with van der Waals surface area (Å²) >= 11 is 0. The number of aromatic nitrogens is 2. The van der Waals surface area contributed by atoms with Crippen LogP contribution in [0.3, 0.4) is 0 Å². The van der Waals surface area contributed by atoms with Crippen LogP contribution in [0, 0.1) is 0 Å². The van der Waals surface area contributed by atoms with Gasteiger partial charge in [-0.3, -0.25) is 4.79 Å². The molecule has 0 amide bonds. The van der Waals surface area contributed by atoms with E-state index in [1.165, 1.54) is 19.3 Å². The minimum Gasteiger partial charge on any atom is -0.481 e. The summed E-state index contributed by atoms with van der Waals surface area (Å²) in [6.45, 7) is 8.28. The van der Waals surface area contributed by atoms with Crippen LogP contribution in [0.15, 0.2) is 30.6 Å². The Labute approximate surface area is 203 Å². The molecule has 0 unspecified atom stereocenters. The Morgan fingerprint density at radius 1 is 1.18 bits per heavy atom. The van der Waals surface area contributed by atoms with Gasteiger partial charge in [-0.25, -0.2) is 9.97 Å². The summed E-state index contributed by atoms with van der Waals surface area (Å²) in [6.07, 6.45) is 11.2. The van der Waals surface area contributed by atoms with Crippen molar-refractivity contribution < 1.29 is 15.0 Å². The van der Waals surface area contributed by atoms with Gasteiger partial charge in [0.1, 0.15) is 0 Å². The number of nitrogens with one attached hydrogen (secondary N) is 1. The van der Waals surface area contributed by atoms with E-state index in [9.17, 15) is 15.0 Å². The zero-order valence-corrected chi connectivity index (χ0v) is 21.0. The zero-order valence-electron chi connectivity index (χ0n) is 21.0. The van der Waals surface area contributed by atoms with Gasteiger partial charge >= 0.3 is 5.97 Å². The molecular formula is C27H40N4O3. The minimum atomic E-state index is -0.859. The van der Waals surface area contributed by atoms with Crippen molar-refractivity contribution in [2.24, 2.45) is 0 Å². The number of aliphatic hydroxyl groups is 1. The number of benzene rings is 1. The molecule has 1 aromatic carbocycles. The van der Waals surface area contributed by atoms with Gasteiger partial charge in [-0.2, -0.15) is 0 Å². The number of hydrogen-bond acceptors (Lipinski definition) is 6. The normalized spacial score (nSPS) is 15.7. The third kappa shape index (κ3) is 7.16. The standard InChI is InChI=1S/C27H40N4O3/c1-5-19-16-28-26(29-17-19)30-23-14-21(20(6-2)15-25(32)33)12-13-24(23)31(18-27(3,4)34)22-10-8-7-9-11-22/h12-14,16-17,20,22,34H,5-11,15,18H2,1-4H3,(H,32,33)(H,28,29,30)/t20-/m0/s1. The van der Waals surface area contributed by atoms with Crippen LogP contribution in [0.1, 0.15) is 89.7 Å². The maximum atomic E-state index is 11.4. The monoisotopic (exact) mass is 468 g/mol. The van der Waals surface area contributed by atoms with Crippen LogP contribution in [-0.4, -0.2) is 44.3 Å². The fourth-order valence-corrected chi connectivity index (χ4v) is 4.81.